The SMILES string of the molecule is [2H]C([2H])([2H])Oc1cc(Br)ccc1-n1c(CC)nc(C(=O)OC)c1F. The Morgan fingerprint density at radius 3 is 2.95 bits per heavy atom. The van der Waals surface area contributed by atoms with Gasteiger partial charge in [-0.15, -0.1) is 0 Å². The van der Waals surface area contributed by atoms with Crippen molar-refractivity contribution in [3.8, 4) is 11.4 Å². The van der Waals surface area contributed by atoms with Crippen LogP contribution >= 0.6 is 15.9 Å². The number of halogens is 2. The van der Waals surface area contributed by atoms with Crippen LogP contribution < -0.4 is 4.74 Å². The highest BCUT2D eigenvalue weighted by Gasteiger charge is 2.25. The topological polar surface area (TPSA) is 53.4 Å². The molecule has 0 amide bonds. The van der Waals surface area contributed by atoms with Crippen LogP contribution in [0.1, 0.15) is 27.3 Å². The normalized spacial score (nSPS) is 13.2. The molecule has 0 aliphatic carbocycles. The number of rotatable bonds is 4. The summed E-state index contributed by atoms with van der Waals surface area (Å²) >= 11 is 3.21. The van der Waals surface area contributed by atoms with Crippen LogP contribution in [0.15, 0.2) is 22.7 Å². The summed E-state index contributed by atoms with van der Waals surface area (Å²) in [4.78, 5) is 15.6. The molecule has 0 N–H and O–H groups in total. The van der Waals surface area contributed by atoms with Gasteiger partial charge >= 0.3 is 5.97 Å². The molecule has 0 fully saturated rings. The van der Waals surface area contributed by atoms with E-state index in [1.807, 2.05) is 0 Å². The third-order valence-electron chi connectivity index (χ3n) is 2.86. The van der Waals surface area contributed by atoms with Gasteiger partial charge in [-0.2, -0.15) is 4.39 Å². The summed E-state index contributed by atoms with van der Waals surface area (Å²) in [5.41, 5.74) is -0.358. The Balaban J connectivity index is 2.68. The summed E-state index contributed by atoms with van der Waals surface area (Å²) < 4.78 is 47.5. The van der Waals surface area contributed by atoms with Gasteiger partial charge in [0, 0.05) is 10.9 Å². The molecule has 21 heavy (non-hydrogen) atoms. The predicted octanol–water partition coefficient (Wildman–Crippen LogP) is 3.13. The number of esters is 1. The molecule has 2 rings (SSSR count). The van der Waals surface area contributed by atoms with Crippen LogP contribution in [0.5, 0.6) is 5.75 Å². The molecule has 112 valence electrons. The molecule has 5 nitrogen and oxygen atoms in total. The Labute approximate surface area is 134 Å². The van der Waals surface area contributed by atoms with Crippen molar-refractivity contribution in [2.24, 2.45) is 0 Å². The first-order chi connectivity index (χ1) is 11.2. The molecule has 1 aromatic heterocycles. The Bertz CT molecular complexity index is 777. The van der Waals surface area contributed by atoms with Gasteiger partial charge in [-0.05, 0) is 18.2 Å². The third kappa shape index (κ3) is 2.78. The van der Waals surface area contributed by atoms with Gasteiger partial charge in [0.15, 0.2) is 0 Å². The zero-order valence-electron chi connectivity index (χ0n) is 14.3. The van der Waals surface area contributed by atoms with Crippen LogP contribution in [-0.2, 0) is 11.2 Å². The van der Waals surface area contributed by atoms with Gasteiger partial charge in [-0.3, -0.25) is 4.57 Å². The quantitative estimate of drug-likeness (QED) is 0.787. The van der Waals surface area contributed by atoms with Crippen LogP contribution in [0.25, 0.3) is 5.69 Å². The molecule has 0 radical (unpaired) electrons. The minimum atomic E-state index is -2.72. The maximum Gasteiger partial charge on any atom is 0.361 e. The monoisotopic (exact) mass is 359 g/mol. The second kappa shape index (κ2) is 6.26. The van der Waals surface area contributed by atoms with Crippen molar-refractivity contribution in [2.75, 3.05) is 14.1 Å². The van der Waals surface area contributed by atoms with Gasteiger partial charge in [-0.1, -0.05) is 22.9 Å². The maximum atomic E-state index is 14.7. The Hall–Kier alpha value is -1.89. The van der Waals surface area contributed by atoms with Crippen molar-refractivity contribution in [3.05, 3.63) is 40.1 Å². The minimum absolute atomic E-state index is 0.0770. The summed E-state index contributed by atoms with van der Waals surface area (Å²) in [5.74, 6) is -1.72. The molecule has 0 atom stereocenters. The third-order valence-corrected chi connectivity index (χ3v) is 3.35. The largest absolute Gasteiger partial charge is 0.495 e. The lowest BCUT2D eigenvalue weighted by atomic mass is 10.2. The summed E-state index contributed by atoms with van der Waals surface area (Å²) in [6, 6.07) is 4.47. The zero-order chi connectivity index (χ0) is 18.1. The van der Waals surface area contributed by atoms with E-state index in [1.165, 1.54) is 12.1 Å². The van der Waals surface area contributed by atoms with E-state index in [9.17, 15) is 9.18 Å². The molecule has 1 heterocycles. The van der Waals surface area contributed by atoms with Gasteiger partial charge in [0.05, 0.1) is 23.9 Å². The molecule has 0 unspecified atom stereocenters. The van der Waals surface area contributed by atoms with Gasteiger partial charge < -0.3 is 9.47 Å². The number of nitrogens with zero attached hydrogens (tertiary/aromatic N) is 2. The molecule has 0 aliphatic rings. The highest BCUT2D eigenvalue weighted by molar-refractivity contribution is 9.10. The van der Waals surface area contributed by atoms with Crippen molar-refractivity contribution in [2.45, 2.75) is 13.3 Å². The van der Waals surface area contributed by atoms with Crippen molar-refractivity contribution in [1.82, 2.24) is 9.55 Å². The van der Waals surface area contributed by atoms with Crippen LogP contribution in [0.3, 0.4) is 0 Å². The number of ether oxygens (including phenoxy) is 2. The summed E-state index contributed by atoms with van der Waals surface area (Å²) in [6.45, 7) is 1.72. The number of imidazole rings is 1. The van der Waals surface area contributed by atoms with E-state index in [2.05, 4.69) is 25.7 Å². The standard InChI is InChI=1S/C14H14BrFN2O3/c1-4-11-17-12(14(19)21-3)13(16)18(11)9-6-5-8(15)7-10(9)20-2/h5-7H,4H2,1-3H3/i2D3. The summed E-state index contributed by atoms with van der Waals surface area (Å²) in [6.07, 6.45) is 0.303. The average molecular weight is 360 g/mol. The van der Waals surface area contributed by atoms with Crippen LogP contribution in [0.2, 0.25) is 0 Å². The molecule has 1 aromatic carbocycles. The number of carbonyl (C=O) groups excluding carboxylic acids is 1. The van der Waals surface area contributed by atoms with Crippen LogP contribution in [0.4, 0.5) is 4.39 Å². The number of hydrogen-bond acceptors (Lipinski definition) is 4. The number of methoxy groups -OCH3 is 2. The number of benzene rings is 1. The first-order valence-electron chi connectivity index (χ1n) is 7.52. The Morgan fingerprint density at radius 2 is 2.33 bits per heavy atom. The number of aromatic nitrogens is 2. The molecular weight excluding hydrogens is 343 g/mol. The number of hydrogen-bond donors (Lipinski definition) is 0. The molecule has 7 heteroatoms. The van der Waals surface area contributed by atoms with Crippen LogP contribution in [0, 0.1) is 5.95 Å². The number of aryl methyl sites for hydroxylation is 1. The highest BCUT2D eigenvalue weighted by atomic mass is 79.9. The van der Waals surface area contributed by atoms with E-state index in [0.29, 0.717) is 10.9 Å². The van der Waals surface area contributed by atoms with Crippen molar-refractivity contribution < 1.29 is 22.8 Å². The predicted molar refractivity (Wildman–Crippen MR) is 78.5 cm³/mol. The van der Waals surface area contributed by atoms with Crippen LogP contribution in [-0.4, -0.2) is 29.7 Å². The summed E-state index contributed by atoms with van der Waals surface area (Å²) in [5, 5.41) is 0. The van der Waals surface area contributed by atoms with E-state index in [0.717, 1.165) is 11.7 Å². The molecule has 0 saturated carbocycles. The highest BCUT2D eigenvalue weighted by Crippen LogP contribution is 2.29. The average Bonchev–Trinajstić information content (AvgIpc) is 2.82. The first-order valence-corrected chi connectivity index (χ1v) is 6.81. The fourth-order valence-electron chi connectivity index (χ4n) is 1.91. The fourth-order valence-corrected chi connectivity index (χ4v) is 2.25. The molecule has 0 saturated heterocycles. The smallest absolute Gasteiger partial charge is 0.361 e. The zero-order valence-corrected chi connectivity index (χ0v) is 12.9. The van der Waals surface area contributed by atoms with Crippen molar-refractivity contribution in [1.29, 1.82) is 0 Å². The number of carbonyl (C=O) groups is 1. The second-order valence-corrected chi connectivity index (χ2v) is 4.98. The van der Waals surface area contributed by atoms with Gasteiger partial charge in [0.1, 0.15) is 11.6 Å². The minimum Gasteiger partial charge on any atom is -0.495 e. The molecular formula is C14H14BrFN2O3. The van der Waals surface area contributed by atoms with Gasteiger partial charge in [0.2, 0.25) is 11.6 Å². The van der Waals surface area contributed by atoms with Crippen molar-refractivity contribution in [3.63, 3.8) is 0 Å². The maximum absolute atomic E-state index is 14.7. The lowest BCUT2D eigenvalue weighted by Gasteiger charge is -2.12. The molecule has 2 aromatic rings. The lowest BCUT2D eigenvalue weighted by molar-refractivity contribution is 0.0588. The van der Waals surface area contributed by atoms with E-state index >= 15 is 0 Å². The van der Waals surface area contributed by atoms with E-state index in [1.54, 1.807) is 13.0 Å². The molecule has 0 aliphatic heterocycles. The first kappa shape index (κ1) is 11.7. The van der Waals surface area contributed by atoms with Gasteiger partial charge in [-0.25, -0.2) is 9.78 Å². The molecule has 0 bridgehead atoms. The van der Waals surface area contributed by atoms with E-state index in [4.69, 9.17) is 8.85 Å². The van der Waals surface area contributed by atoms with E-state index < -0.39 is 24.6 Å². The Kier molecular flexibility index (Phi) is 3.50. The summed E-state index contributed by atoms with van der Waals surface area (Å²) in [7, 11) is -1.60. The Morgan fingerprint density at radius 1 is 1.57 bits per heavy atom. The molecule has 0 spiro atoms. The van der Waals surface area contributed by atoms with Crippen molar-refractivity contribution >= 4 is 21.9 Å². The fraction of sp³-hybridized carbons (Fsp3) is 0.286. The second-order valence-electron chi connectivity index (χ2n) is 4.06. The lowest BCUT2D eigenvalue weighted by Crippen LogP contribution is -2.07. The van der Waals surface area contributed by atoms with Gasteiger partial charge in [0.25, 0.3) is 0 Å². The van der Waals surface area contributed by atoms with E-state index in [-0.39, 0.29) is 17.3 Å².